The van der Waals surface area contributed by atoms with Crippen LogP contribution in [0.3, 0.4) is 0 Å². The van der Waals surface area contributed by atoms with Gasteiger partial charge in [0.15, 0.2) is 5.84 Å². The van der Waals surface area contributed by atoms with Crippen LogP contribution in [-0.4, -0.2) is 28.6 Å². The molecule has 3 aromatic rings. The Labute approximate surface area is 193 Å². The van der Waals surface area contributed by atoms with Crippen LogP contribution in [0.25, 0.3) is 0 Å². The van der Waals surface area contributed by atoms with E-state index in [-0.39, 0.29) is 5.82 Å². The van der Waals surface area contributed by atoms with Gasteiger partial charge in [-0.15, -0.1) is 11.8 Å². The Morgan fingerprint density at radius 1 is 1.00 bits per heavy atom. The van der Waals surface area contributed by atoms with Crippen molar-refractivity contribution in [2.24, 2.45) is 10.1 Å². The fourth-order valence-corrected chi connectivity index (χ4v) is 4.62. The maximum absolute atomic E-state index is 13.8. The van der Waals surface area contributed by atoms with E-state index in [1.54, 1.807) is 30.0 Å². The number of thioether (sulfide) groups is 1. The summed E-state index contributed by atoms with van der Waals surface area (Å²) < 4.78 is 13.8. The van der Waals surface area contributed by atoms with Gasteiger partial charge in [-0.3, -0.25) is 4.90 Å². The van der Waals surface area contributed by atoms with Gasteiger partial charge in [-0.25, -0.2) is 9.38 Å². The second kappa shape index (κ2) is 7.86. The Hall–Kier alpha value is -2.54. The fourth-order valence-electron chi connectivity index (χ4n) is 3.88. The van der Waals surface area contributed by atoms with Crippen LogP contribution in [0.2, 0.25) is 10.0 Å². The quantitative estimate of drug-likeness (QED) is 0.431. The van der Waals surface area contributed by atoms with Gasteiger partial charge in [0.05, 0.1) is 22.8 Å². The van der Waals surface area contributed by atoms with Gasteiger partial charge < -0.3 is 4.84 Å². The Balaban J connectivity index is 1.77. The zero-order valence-electron chi connectivity index (χ0n) is 16.3. The topological polar surface area (TPSA) is 37.2 Å². The third-order valence-electron chi connectivity index (χ3n) is 5.34. The van der Waals surface area contributed by atoms with Gasteiger partial charge in [0.25, 0.3) is 5.72 Å². The predicted octanol–water partition coefficient (Wildman–Crippen LogP) is 6.43. The van der Waals surface area contributed by atoms with Crippen molar-refractivity contribution in [1.29, 1.82) is 0 Å². The molecule has 0 N–H and O–H groups in total. The highest BCUT2D eigenvalue weighted by Crippen LogP contribution is 2.48. The normalized spacial score (nSPS) is 19.7. The minimum absolute atomic E-state index is 0.329. The Kier molecular flexibility index (Phi) is 5.16. The molecule has 1 atom stereocenters. The van der Waals surface area contributed by atoms with E-state index < -0.39 is 5.72 Å². The molecule has 4 nitrogen and oxygen atoms in total. The molecule has 0 fully saturated rings. The van der Waals surface area contributed by atoms with Gasteiger partial charge in [0.2, 0.25) is 0 Å². The SMILES string of the molecule is CSC1=Nc2ccc(Cl)cc2C2(c3ccc(F)cc3)ON=C(c3ccc(Cl)cc3)N2C1. The molecule has 8 heteroatoms. The lowest BCUT2D eigenvalue weighted by molar-refractivity contribution is -0.0646. The van der Waals surface area contributed by atoms with E-state index in [0.29, 0.717) is 22.4 Å². The molecule has 3 aromatic carbocycles. The summed E-state index contributed by atoms with van der Waals surface area (Å²) in [6.45, 7) is 0.451. The highest BCUT2D eigenvalue weighted by atomic mass is 35.5. The smallest absolute Gasteiger partial charge is 0.265 e. The van der Waals surface area contributed by atoms with Gasteiger partial charge in [0, 0.05) is 21.2 Å². The molecule has 0 aromatic heterocycles. The van der Waals surface area contributed by atoms with Gasteiger partial charge in [0.1, 0.15) is 5.82 Å². The lowest BCUT2D eigenvalue weighted by Crippen LogP contribution is -2.48. The number of aliphatic imine (C=N–C) groups is 1. The standard InChI is InChI=1S/C23H16Cl2FN3OS/c1-31-21-13-29-22(14-2-6-16(24)7-3-14)28-30-23(29,15-4-9-18(26)10-5-15)19-12-17(25)8-11-20(19)27-21/h2-12H,13H2,1H3. The van der Waals surface area contributed by atoms with Crippen LogP contribution < -0.4 is 0 Å². The molecule has 2 heterocycles. The van der Waals surface area contributed by atoms with Crippen LogP contribution in [0.1, 0.15) is 16.7 Å². The van der Waals surface area contributed by atoms with Gasteiger partial charge in [-0.2, -0.15) is 0 Å². The van der Waals surface area contributed by atoms with Crippen LogP contribution in [-0.2, 0) is 10.6 Å². The molecule has 0 radical (unpaired) electrons. The number of fused-ring (bicyclic) bond motifs is 3. The molecule has 0 bridgehead atoms. The Bertz CT molecular complexity index is 1210. The molecule has 0 saturated carbocycles. The van der Waals surface area contributed by atoms with Gasteiger partial charge >= 0.3 is 0 Å². The number of hydrogen-bond donors (Lipinski definition) is 0. The molecular weight excluding hydrogens is 456 g/mol. The molecule has 0 saturated heterocycles. The third kappa shape index (κ3) is 3.39. The largest absolute Gasteiger partial charge is 0.355 e. The van der Waals surface area contributed by atoms with Crippen LogP contribution in [0.15, 0.2) is 76.9 Å². The van der Waals surface area contributed by atoms with E-state index in [1.807, 2.05) is 47.6 Å². The number of oxime groups is 1. The second-order valence-electron chi connectivity index (χ2n) is 7.12. The lowest BCUT2D eigenvalue weighted by atomic mass is 9.91. The number of nitrogens with zero attached hydrogens (tertiary/aromatic N) is 3. The maximum atomic E-state index is 13.8. The number of hydrogen-bond acceptors (Lipinski definition) is 5. The van der Waals surface area contributed by atoms with E-state index in [2.05, 4.69) is 5.16 Å². The molecule has 1 unspecified atom stereocenters. The minimum atomic E-state index is -1.15. The number of halogens is 3. The second-order valence-corrected chi connectivity index (χ2v) is 8.87. The molecule has 0 aliphatic carbocycles. The number of benzene rings is 3. The first-order chi connectivity index (χ1) is 15.0. The van der Waals surface area contributed by atoms with Crippen molar-refractivity contribution in [3.63, 3.8) is 0 Å². The van der Waals surface area contributed by atoms with Crippen LogP contribution >= 0.6 is 35.0 Å². The summed E-state index contributed by atoms with van der Waals surface area (Å²) in [4.78, 5) is 13.1. The summed E-state index contributed by atoms with van der Waals surface area (Å²) in [6.07, 6.45) is 1.98. The highest BCUT2D eigenvalue weighted by Gasteiger charge is 2.52. The number of amidine groups is 1. The summed E-state index contributed by atoms with van der Waals surface area (Å²) in [5, 5.41) is 6.56. The summed E-state index contributed by atoms with van der Waals surface area (Å²) in [6, 6.07) is 19.1. The molecule has 156 valence electrons. The van der Waals surface area contributed by atoms with Crippen molar-refractivity contribution in [3.8, 4) is 0 Å². The van der Waals surface area contributed by atoms with Crippen molar-refractivity contribution >= 4 is 51.5 Å². The molecule has 31 heavy (non-hydrogen) atoms. The van der Waals surface area contributed by atoms with Crippen molar-refractivity contribution in [2.45, 2.75) is 5.72 Å². The lowest BCUT2D eigenvalue weighted by Gasteiger charge is -2.37. The Morgan fingerprint density at radius 3 is 2.42 bits per heavy atom. The van der Waals surface area contributed by atoms with E-state index in [4.69, 9.17) is 33.0 Å². The highest BCUT2D eigenvalue weighted by molar-refractivity contribution is 8.13. The summed E-state index contributed by atoms with van der Waals surface area (Å²) >= 11 is 14.0. The zero-order valence-corrected chi connectivity index (χ0v) is 18.7. The average molecular weight is 472 g/mol. The first-order valence-corrected chi connectivity index (χ1v) is 11.5. The molecule has 2 aliphatic heterocycles. The first kappa shape index (κ1) is 20.4. The summed E-state index contributed by atoms with van der Waals surface area (Å²) in [7, 11) is 0. The van der Waals surface area contributed by atoms with Crippen LogP contribution in [0.5, 0.6) is 0 Å². The van der Waals surface area contributed by atoms with Crippen molar-refractivity contribution in [1.82, 2.24) is 4.90 Å². The van der Waals surface area contributed by atoms with Crippen molar-refractivity contribution in [2.75, 3.05) is 12.8 Å². The first-order valence-electron chi connectivity index (χ1n) is 9.48. The Morgan fingerprint density at radius 2 is 1.71 bits per heavy atom. The maximum Gasteiger partial charge on any atom is 0.265 e. The molecule has 2 aliphatic rings. The fraction of sp³-hybridized carbons (Fsp3) is 0.130. The van der Waals surface area contributed by atoms with E-state index in [0.717, 1.165) is 27.4 Å². The van der Waals surface area contributed by atoms with E-state index >= 15 is 0 Å². The average Bonchev–Trinajstić information content (AvgIpc) is 3.08. The zero-order chi connectivity index (χ0) is 21.6. The molecule has 0 spiro atoms. The predicted molar refractivity (Wildman–Crippen MR) is 125 cm³/mol. The monoisotopic (exact) mass is 471 g/mol. The number of rotatable bonds is 2. The van der Waals surface area contributed by atoms with Crippen LogP contribution in [0.4, 0.5) is 10.1 Å². The molecule has 5 rings (SSSR count). The van der Waals surface area contributed by atoms with Crippen LogP contribution in [0, 0.1) is 5.82 Å². The van der Waals surface area contributed by atoms with E-state index in [1.165, 1.54) is 12.1 Å². The van der Waals surface area contributed by atoms with Gasteiger partial charge in [-0.05, 0) is 73.0 Å². The van der Waals surface area contributed by atoms with Gasteiger partial charge in [-0.1, -0.05) is 28.4 Å². The molecule has 0 amide bonds. The van der Waals surface area contributed by atoms with Crippen molar-refractivity contribution in [3.05, 3.63) is 99.3 Å². The van der Waals surface area contributed by atoms with Crippen molar-refractivity contribution < 1.29 is 9.23 Å². The third-order valence-corrected chi connectivity index (χ3v) is 6.51. The summed E-state index contributed by atoms with van der Waals surface area (Å²) in [5.41, 5.74) is 1.89. The minimum Gasteiger partial charge on any atom is -0.355 e. The van der Waals surface area contributed by atoms with E-state index in [9.17, 15) is 4.39 Å². The molecular formula is C23H16Cl2FN3OS. The summed E-state index contributed by atoms with van der Waals surface area (Å²) in [5.74, 6) is 0.306.